The molecule has 0 bridgehead atoms. The Morgan fingerprint density at radius 3 is 2.53 bits per heavy atom. The molecule has 5 heteroatoms. The van der Waals surface area contributed by atoms with Crippen LogP contribution in [-0.4, -0.2) is 35.4 Å². The van der Waals surface area contributed by atoms with E-state index in [1.54, 1.807) is 12.3 Å². The molecule has 1 aromatic heterocycles. The molecule has 0 radical (unpaired) electrons. The van der Waals surface area contributed by atoms with Gasteiger partial charge >= 0.3 is 6.03 Å². The Kier molecular flexibility index (Phi) is 2.15. The van der Waals surface area contributed by atoms with Crippen molar-refractivity contribution in [3.8, 4) is 0 Å². The summed E-state index contributed by atoms with van der Waals surface area (Å²) in [4.78, 5) is 29.5. The molecular weight excluding hydrogens is 194 g/mol. The molecule has 0 spiro atoms. The third kappa shape index (κ3) is 1.56. The fraction of sp³-hybridized carbons (Fsp3) is 0.300. The standard InChI is InChI=1S/C10H11N3O2/c1-7-3-4-8(5-11-7)13-6-9(14)12(2)10(13)15/h3-5H,6H2,1-2H3. The van der Waals surface area contributed by atoms with Crippen molar-refractivity contribution in [1.82, 2.24) is 9.88 Å². The molecule has 0 saturated carbocycles. The van der Waals surface area contributed by atoms with E-state index >= 15 is 0 Å². The van der Waals surface area contributed by atoms with Crippen LogP contribution in [0.4, 0.5) is 10.5 Å². The van der Waals surface area contributed by atoms with Crippen LogP contribution in [0.3, 0.4) is 0 Å². The van der Waals surface area contributed by atoms with E-state index in [0.29, 0.717) is 5.69 Å². The molecule has 0 aromatic carbocycles. The predicted octanol–water partition coefficient (Wildman–Crippen LogP) is 0.788. The lowest BCUT2D eigenvalue weighted by molar-refractivity contribution is -0.123. The number of anilines is 1. The van der Waals surface area contributed by atoms with E-state index < -0.39 is 0 Å². The number of amides is 3. The highest BCUT2D eigenvalue weighted by Crippen LogP contribution is 2.18. The molecule has 0 aliphatic carbocycles. The monoisotopic (exact) mass is 205 g/mol. The zero-order valence-electron chi connectivity index (χ0n) is 8.60. The van der Waals surface area contributed by atoms with E-state index in [2.05, 4.69) is 4.98 Å². The van der Waals surface area contributed by atoms with Crippen LogP contribution in [-0.2, 0) is 4.79 Å². The van der Waals surface area contributed by atoms with Gasteiger partial charge in [-0.25, -0.2) is 4.79 Å². The molecule has 2 heterocycles. The van der Waals surface area contributed by atoms with Gasteiger partial charge in [0.25, 0.3) is 0 Å². The molecule has 1 fully saturated rings. The summed E-state index contributed by atoms with van der Waals surface area (Å²) in [6.45, 7) is 1.97. The van der Waals surface area contributed by atoms with E-state index in [-0.39, 0.29) is 18.5 Å². The molecule has 0 unspecified atom stereocenters. The molecule has 3 amide bonds. The van der Waals surface area contributed by atoms with Gasteiger partial charge in [0, 0.05) is 12.7 Å². The van der Waals surface area contributed by atoms with E-state index in [0.717, 1.165) is 10.6 Å². The van der Waals surface area contributed by atoms with Crippen LogP contribution in [0.15, 0.2) is 18.3 Å². The van der Waals surface area contributed by atoms with Gasteiger partial charge in [-0.15, -0.1) is 0 Å². The first kappa shape index (κ1) is 9.64. The summed E-state index contributed by atoms with van der Waals surface area (Å²) in [5, 5.41) is 0. The molecule has 0 N–H and O–H groups in total. The number of carbonyl (C=O) groups is 2. The van der Waals surface area contributed by atoms with Gasteiger partial charge in [0.2, 0.25) is 5.91 Å². The summed E-state index contributed by atoms with van der Waals surface area (Å²) in [7, 11) is 1.48. The van der Waals surface area contributed by atoms with Crippen LogP contribution in [0.25, 0.3) is 0 Å². The highest BCUT2D eigenvalue weighted by Gasteiger charge is 2.33. The van der Waals surface area contributed by atoms with Gasteiger partial charge in [0.15, 0.2) is 0 Å². The normalized spacial score (nSPS) is 16.4. The SMILES string of the molecule is Cc1ccc(N2CC(=O)N(C)C2=O)cn1. The van der Waals surface area contributed by atoms with E-state index in [1.165, 1.54) is 11.9 Å². The summed E-state index contributed by atoms with van der Waals surface area (Å²) >= 11 is 0. The van der Waals surface area contributed by atoms with Gasteiger partial charge in [-0.2, -0.15) is 0 Å². The summed E-state index contributed by atoms with van der Waals surface area (Å²) in [5.74, 6) is -0.194. The molecule has 1 saturated heterocycles. The number of aromatic nitrogens is 1. The Balaban J connectivity index is 2.29. The van der Waals surface area contributed by atoms with E-state index in [1.807, 2.05) is 13.0 Å². The molecule has 1 aliphatic rings. The summed E-state index contributed by atoms with van der Waals surface area (Å²) in [6, 6.07) is 3.29. The second-order valence-electron chi connectivity index (χ2n) is 3.48. The van der Waals surface area contributed by atoms with Crippen LogP contribution in [0.2, 0.25) is 0 Å². The molecule has 1 aliphatic heterocycles. The van der Waals surface area contributed by atoms with Crippen molar-refractivity contribution >= 4 is 17.6 Å². The first-order valence-electron chi connectivity index (χ1n) is 4.60. The maximum Gasteiger partial charge on any atom is 0.331 e. The Hall–Kier alpha value is -1.91. The first-order valence-corrected chi connectivity index (χ1v) is 4.60. The minimum absolute atomic E-state index is 0.0973. The second-order valence-corrected chi connectivity index (χ2v) is 3.48. The van der Waals surface area contributed by atoms with Crippen molar-refractivity contribution in [2.45, 2.75) is 6.92 Å². The number of imide groups is 1. The van der Waals surface area contributed by atoms with Gasteiger partial charge in [-0.05, 0) is 19.1 Å². The number of nitrogens with zero attached hydrogens (tertiary/aromatic N) is 3. The van der Waals surface area contributed by atoms with Gasteiger partial charge in [-0.1, -0.05) is 0 Å². The lowest BCUT2D eigenvalue weighted by Gasteiger charge is -2.13. The predicted molar refractivity (Wildman–Crippen MR) is 54.5 cm³/mol. The van der Waals surface area contributed by atoms with Gasteiger partial charge < -0.3 is 0 Å². The molecule has 0 atom stereocenters. The fourth-order valence-electron chi connectivity index (χ4n) is 1.42. The lowest BCUT2D eigenvalue weighted by Crippen LogP contribution is -2.29. The average molecular weight is 205 g/mol. The number of hydrogen-bond acceptors (Lipinski definition) is 3. The zero-order chi connectivity index (χ0) is 11.0. The third-order valence-corrected chi connectivity index (χ3v) is 2.39. The molecular formula is C10H11N3O2. The Morgan fingerprint density at radius 2 is 2.07 bits per heavy atom. The minimum Gasteiger partial charge on any atom is -0.283 e. The number of rotatable bonds is 1. The lowest BCUT2D eigenvalue weighted by atomic mass is 10.3. The number of urea groups is 1. The van der Waals surface area contributed by atoms with Gasteiger partial charge in [0.05, 0.1) is 11.9 Å². The maximum atomic E-state index is 11.6. The highest BCUT2D eigenvalue weighted by atomic mass is 16.2. The van der Waals surface area contributed by atoms with Crippen LogP contribution >= 0.6 is 0 Å². The topological polar surface area (TPSA) is 53.5 Å². The Bertz CT molecular complexity index is 413. The number of carbonyl (C=O) groups excluding carboxylic acids is 2. The first-order chi connectivity index (χ1) is 7.09. The number of aryl methyl sites for hydroxylation is 1. The largest absolute Gasteiger partial charge is 0.331 e. The van der Waals surface area contributed by atoms with Crippen molar-refractivity contribution in [1.29, 1.82) is 0 Å². The average Bonchev–Trinajstić information content (AvgIpc) is 2.47. The minimum atomic E-state index is -0.300. The molecule has 2 rings (SSSR count). The quantitative estimate of drug-likeness (QED) is 0.637. The fourth-order valence-corrected chi connectivity index (χ4v) is 1.42. The van der Waals surface area contributed by atoms with Crippen molar-refractivity contribution in [2.75, 3.05) is 18.5 Å². The smallest absolute Gasteiger partial charge is 0.283 e. The van der Waals surface area contributed by atoms with Crippen LogP contribution < -0.4 is 4.90 Å². The van der Waals surface area contributed by atoms with Crippen LogP contribution in [0, 0.1) is 6.92 Å². The van der Waals surface area contributed by atoms with Gasteiger partial charge in [0.1, 0.15) is 6.54 Å². The Morgan fingerprint density at radius 1 is 1.33 bits per heavy atom. The van der Waals surface area contributed by atoms with Gasteiger partial charge in [-0.3, -0.25) is 19.6 Å². The molecule has 15 heavy (non-hydrogen) atoms. The number of hydrogen-bond donors (Lipinski definition) is 0. The zero-order valence-corrected chi connectivity index (χ0v) is 8.60. The second kappa shape index (κ2) is 3.34. The molecule has 1 aromatic rings. The van der Waals surface area contributed by atoms with E-state index in [4.69, 9.17) is 0 Å². The summed E-state index contributed by atoms with van der Waals surface area (Å²) in [6.07, 6.45) is 1.60. The van der Waals surface area contributed by atoms with Crippen molar-refractivity contribution in [3.63, 3.8) is 0 Å². The van der Waals surface area contributed by atoms with Crippen LogP contribution in [0.5, 0.6) is 0 Å². The number of likely N-dealkylation sites (N-methyl/N-ethyl adjacent to an activating group) is 1. The maximum absolute atomic E-state index is 11.6. The van der Waals surface area contributed by atoms with Crippen molar-refractivity contribution < 1.29 is 9.59 Å². The summed E-state index contributed by atoms with van der Waals surface area (Å²) < 4.78 is 0. The Labute approximate surface area is 87.3 Å². The third-order valence-electron chi connectivity index (χ3n) is 2.39. The molecule has 78 valence electrons. The summed E-state index contributed by atoms with van der Waals surface area (Å²) in [5.41, 5.74) is 1.54. The van der Waals surface area contributed by atoms with Crippen LogP contribution in [0.1, 0.15) is 5.69 Å². The van der Waals surface area contributed by atoms with Crippen molar-refractivity contribution in [2.24, 2.45) is 0 Å². The van der Waals surface area contributed by atoms with Crippen molar-refractivity contribution in [3.05, 3.63) is 24.0 Å². The number of pyridine rings is 1. The highest BCUT2D eigenvalue weighted by molar-refractivity contribution is 6.11. The van der Waals surface area contributed by atoms with E-state index in [9.17, 15) is 9.59 Å². The molecule has 5 nitrogen and oxygen atoms in total.